The monoisotopic (exact) mass is 302 g/mol. The first-order valence-electron chi connectivity index (χ1n) is 5.85. The number of halogens is 4. The Hall–Kier alpha value is -2.38. The van der Waals surface area contributed by atoms with Crippen LogP contribution in [0.15, 0.2) is 41.3 Å². The zero-order valence-corrected chi connectivity index (χ0v) is 10.6. The lowest BCUT2D eigenvalue weighted by atomic mass is 10.2. The number of rotatable bonds is 4. The van der Waals surface area contributed by atoms with Crippen LogP contribution in [0.3, 0.4) is 0 Å². The standard InChI is InChI=1S/C13H10F4N2O2/c14-11-6-18-4-3-10(11)12(20)19(8-13(15,16)17)7-9-2-1-5-21-9/h1-6H,7-8H2. The van der Waals surface area contributed by atoms with Gasteiger partial charge in [0.1, 0.15) is 12.3 Å². The molecule has 0 saturated heterocycles. The van der Waals surface area contributed by atoms with Crippen LogP contribution in [0.1, 0.15) is 16.1 Å². The molecule has 0 unspecified atom stereocenters. The minimum Gasteiger partial charge on any atom is -0.467 e. The van der Waals surface area contributed by atoms with Crippen molar-refractivity contribution in [3.63, 3.8) is 0 Å². The number of hydrogen-bond donors (Lipinski definition) is 0. The predicted octanol–water partition coefficient (Wildman–Crippen LogP) is 3.02. The van der Waals surface area contributed by atoms with Gasteiger partial charge in [0.2, 0.25) is 0 Å². The van der Waals surface area contributed by atoms with Crippen LogP contribution in [0.5, 0.6) is 0 Å². The Balaban J connectivity index is 2.26. The summed E-state index contributed by atoms with van der Waals surface area (Å²) in [5, 5.41) is 0. The van der Waals surface area contributed by atoms with Crippen molar-refractivity contribution in [2.24, 2.45) is 0 Å². The zero-order valence-electron chi connectivity index (χ0n) is 10.6. The molecule has 0 N–H and O–H groups in total. The van der Waals surface area contributed by atoms with Crippen molar-refractivity contribution < 1.29 is 26.8 Å². The number of nitrogens with zero attached hydrogens (tertiary/aromatic N) is 2. The highest BCUT2D eigenvalue weighted by molar-refractivity contribution is 5.94. The van der Waals surface area contributed by atoms with E-state index in [1.165, 1.54) is 18.4 Å². The zero-order chi connectivity index (χ0) is 15.5. The van der Waals surface area contributed by atoms with Crippen LogP contribution in [-0.2, 0) is 6.54 Å². The van der Waals surface area contributed by atoms with Gasteiger partial charge in [0.25, 0.3) is 5.91 Å². The minimum absolute atomic E-state index is 0.169. The van der Waals surface area contributed by atoms with Gasteiger partial charge in [-0.1, -0.05) is 0 Å². The summed E-state index contributed by atoms with van der Waals surface area (Å²) in [6.45, 7) is -1.92. The van der Waals surface area contributed by atoms with Gasteiger partial charge in [0.05, 0.1) is 24.6 Å². The van der Waals surface area contributed by atoms with E-state index in [-0.39, 0.29) is 5.76 Å². The van der Waals surface area contributed by atoms with E-state index in [1.54, 1.807) is 0 Å². The van der Waals surface area contributed by atoms with Crippen molar-refractivity contribution >= 4 is 5.91 Å². The summed E-state index contributed by atoms with van der Waals surface area (Å²) < 4.78 is 56.2. The van der Waals surface area contributed by atoms with Gasteiger partial charge in [-0.25, -0.2) is 4.39 Å². The normalized spacial score (nSPS) is 11.4. The summed E-state index contributed by atoms with van der Waals surface area (Å²) in [6.07, 6.45) is -1.43. The summed E-state index contributed by atoms with van der Waals surface area (Å²) in [6, 6.07) is 3.95. The van der Waals surface area contributed by atoms with Gasteiger partial charge in [-0.05, 0) is 18.2 Å². The van der Waals surface area contributed by atoms with E-state index in [2.05, 4.69) is 4.98 Å². The molecular formula is C13H10F4N2O2. The van der Waals surface area contributed by atoms with Crippen molar-refractivity contribution in [3.8, 4) is 0 Å². The van der Waals surface area contributed by atoms with Crippen molar-refractivity contribution in [2.75, 3.05) is 6.54 Å². The fraction of sp³-hybridized carbons (Fsp3) is 0.231. The molecule has 0 radical (unpaired) electrons. The average molecular weight is 302 g/mol. The van der Waals surface area contributed by atoms with Gasteiger partial charge in [0, 0.05) is 6.20 Å². The first kappa shape index (κ1) is 15.0. The quantitative estimate of drug-likeness (QED) is 0.816. The summed E-state index contributed by atoms with van der Waals surface area (Å²) >= 11 is 0. The highest BCUT2D eigenvalue weighted by atomic mass is 19.4. The molecule has 112 valence electrons. The lowest BCUT2D eigenvalue weighted by molar-refractivity contribution is -0.142. The van der Waals surface area contributed by atoms with Gasteiger partial charge < -0.3 is 9.32 Å². The van der Waals surface area contributed by atoms with Crippen LogP contribution in [0.2, 0.25) is 0 Å². The Morgan fingerprint density at radius 1 is 1.33 bits per heavy atom. The number of carbonyl (C=O) groups is 1. The second-order valence-corrected chi connectivity index (χ2v) is 4.21. The number of furan rings is 1. The van der Waals surface area contributed by atoms with E-state index in [0.717, 1.165) is 18.5 Å². The smallest absolute Gasteiger partial charge is 0.406 e. The molecular weight excluding hydrogens is 292 g/mol. The fourth-order valence-electron chi connectivity index (χ4n) is 1.73. The molecule has 1 amide bonds. The van der Waals surface area contributed by atoms with Gasteiger partial charge in [-0.2, -0.15) is 13.2 Å². The molecule has 0 aliphatic rings. The molecule has 0 aliphatic heterocycles. The molecule has 0 bridgehead atoms. The van der Waals surface area contributed by atoms with Crippen molar-refractivity contribution in [2.45, 2.75) is 12.7 Å². The van der Waals surface area contributed by atoms with E-state index < -0.39 is 36.6 Å². The molecule has 0 atom stereocenters. The molecule has 4 nitrogen and oxygen atoms in total. The van der Waals surface area contributed by atoms with Crippen LogP contribution in [0.4, 0.5) is 17.6 Å². The number of aromatic nitrogens is 1. The first-order chi connectivity index (χ1) is 9.87. The molecule has 21 heavy (non-hydrogen) atoms. The molecule has 2 aromatic rings. The second-order valence-electron chi connectivity index (χ2n) is 4.21. The number of alkyl halides is 3. The molecule has 0 aliphatic carbocycles. The summed E-state index contributed by atoms with van der Waals surface area (Å²) in [4.78, 5) is 16.0. The van der Waals surface area contributed by atoms with Gasteiger partial charge in [-0.15, -0.1) is 0 Å². The molecule has 0 spiro atoms. The van der Waals surface area contributed by atoms with E-state index in [9.17, 15) is 22.4 Å². The lowest BCUT2D eigenvalue weighted by Gasteiger charge is -2.23. The molecule has 2 heterocycles. The fourth-order valence-corrected chi connectivity index (χ4v) is 1.73. The molecule has 2 rings (SSSR count). The highest BCUT2D eigenvalue weighted by Crippen LogP contribution is 2.21. The van der Waals surface area contributed by atoms with Crippen molar-refractivity contribution in [1.82, 2.24) is 9.88 Å². The maximum Gasteiger partial charge on any atom is 0.406 e. The number of amides is 1. The van der Waals surface area contributed by atoms with E-state index in [4.69, 9.17) is 4.42 Å². The average Bonchev–Trinajstić information content (AvgIpc) is 2.89. The van der Waals surface area contributed by atoms with E-state index >= 15 is 0 Å². The molecule has 0 aromatic carbocycles. The van der Waals surface area contributed by atoms with Crippen molar-refractivity contribution in [3.05, 3.63) is 54.0 Å². The Kier molecular flexibility index (Phi) is 4.25. The van der Waals surface area contributed by atoms with Gasteiger partial charge in [0.15, 0.2) is 5.82 Å². The largest absolute Gasteiger partial charge is 0.467 e. The molecule has 2 aromatic heterocycles. The maximum atomic E-state index is 13.5. The molecule has 0 saturated carbocycles. The van der Waals surface area contributed by atoms with Gasteiger partial charge in [-0.3, -0.25) is 9.78 Å². The maximum absolute atomic E-state index is 13.5. The molecule has 0 fully saturated rings. The Labute approximate surface area is 117 Å². The second kappa shape index (κ2) is 5.94. The Morgan fingerprint density at radius 2 is 2.10 bits per heavy atom. The van der Waals surface area contributed by atoms with E-state index in [1.807, 2.05) is 0 Å². The molecule has 8 heteroatoms. The van der Waals surface area contributed by atoms with E-state index in [0.29, 0.717) is 4.90 Å². The lowest BCUT2D eigenvalue weighted by Crippen LogP contribution is -2.38. The van der Waals surface area contributed by atoms with Crippen molar-refractivity contribution in [1.29, 1.82) is 0 Å². The third-order valence-corrected chi connectivity index (χ3v) is 2.59. The van der Waals surface area contributed by atoms with Crippen LogP contribution >= 0.6 is 0 Å². The highest BCUT2D eigenvalue weighted by Gasteiger charge is 2.34. The van der Waals surface area contributed by atoms with Crippen LogP contribution < -0.4 is 0 Å². The van der Waals surface area contributed by atoms with Gasteiger partial charge >= 0.3 is 6.18 Å². The summed E-state index contributed by atoms with van der Waals surface area (Å²) in [5.74, 6) is -1.89. The van der Waals surface area contributed by atoms with Crippen LogP contribution in [0, 0.1) is 5.82 Å². The van der Waals surface area contributed by atoms with Crippen LogP contribution in [0.25, 0.3) is 0 Å². The topological polar surface area (TPSA) is 46.3 Å². The summed E-state index contributed by atoms with van der Waals surface area (Å²) in [7, 11) is 0. The minimum atomic E-state index is -4.61. The summed E-state index contributed by atoms with van der Waals surface area (Å²) in [5.41, 5.74) is -0.471. The third-order valence-electron chi connectivity index (χ3n) is 2.59. The number of hydrogen-bond acceptors (Lipinski definition) is 3. The Morgan fingerprint density at radius 3 is 2.67 bits per heavy atom. The number of pyridine rings is 1. The third kappa shape index (κ3) is 4.04. The first-order valence-corrected chi connectivity index (χ1v) is 5.85. The SMILES string of the molecule is O=C(c1ccncc1F)N(Cc1ccco1)CC(F)(F)F. The predicted molar refractivity (Wildman–Crippen MR) is 63.7 cm³/mol. The Bertz CT molecular complexity index is 611. The van der Waals surface area contributed by atoms with Crippen LogP contribution in [-0.4, -0.2) is 28.5 Å². The number of carbonyl (C=O) groups excluding carboxylic acids is 1.